The third-order valence-electron chi connectivity index (χ3n) is 3.50. The molecule has 0 bridgehead atoms. The molecule has 6 heteroatoms. The van der Waals surface area contributed by atoms with Crippen LogP contribution in [0.3, 0.4) is 0 Å². The molecule has 0 aliphatic rings. The van der Waals surface area contributed by atoms with Crippen molar-refractivity contribution < 1.29 is 14.3 Å². The predicted octanol–water partition coefficient (Wildman–Crippen LogP) is 2.39. The number of ketones is 1. The number of nitrogens with zero attached hydrogens (tertiary/aromatic N) is 2. The molecule has 1 heterocycles. The van der Waals surface area contributed by atoms with Gasteiger partial charge in [-0.1, -0.05) is 36.8 Å². The summed E-state index contributed by atoms with van der Waals surface area (Å²) in [6, 6.07) is 9.61. The van der Waals surface area contributed by atoms with Gasteiger partial charge >= 0.3 is 5.97 Å². The first kappa shape index (κ1) is 17.6. The van der Waals surface area contributed by atoms with Gasteiger partial charge in [0.05, 0.1) is 0 Å². The lowest BCUT2D eigenvalue weighted by atomic mass is 10.1. The summed E-state index contributed by atoms with van der Waals surface area (Å²) in [6.45, 7) is 5.76. The Morgan fingerprint density at radius 2 is 1.83 bits per heavy atom. The van der Waals surface area contributed by atoms with Crippen LogP contribution in [0.4, 0.5) is 0 Å². The molecule has 0 N–H and O–H groups in total. The highest BCUT2D eigenvalue weighted by Crippen LogP contribution is 2.10. The van der Waals surface area contributed by atoms with Crippen molar-refractivity contribution in [3.8, 4) is 0 Å². The zero-order valence-electron chi connectivity index (χ0n) is 14.0. The number of Topliss-reactive ketones (excluding diaryl/α,β-unsaturated/α-hetero) is 1. The van der Waals surface area contributed by atoms with Crippen LogP contribution in [0.15, 0.2) is 41.2 Å². The van der Waals surface area contributed by atoms with Crippen molar-refractivity contribution in [2.45, 2.75) is 39.8 Å². The molecule has 0 amide bonds. The molecule has 6 nitrogen and oxygen atoms in total. The maximum absolute atomic E-state index is 12.3. The molecule has 2 aromatic rings. The lowest BCUT2D eigenvalue weighted by Gasteiger charge is -2.12. The van der Waals surface area contributed by atoms with E-state index in [1.54, 1.807) is 12.1 Å². The fourth-order valence-corrected chi connectivity index (χ4v) is 2.16. The Morgan fingerprint density at radius 3 is 2.46 bits per heavy atom. The first-order valence-electron chi connectivity index (χ1n) is 7.82. The highest BCUT2D eigenvalue weighted by atomic mass is 16.5. The summed E-state index contributed by atoms with van der Waals surface area (Å²) in [4.78, 5) is 36.1. The third kappa shape index (κ3) is 4.16. The molecule has 2 rings (SSSR count). The summed E-state index contributed by atoms with van der Waals surface area (Å²) in [5.41, 5.74) is 1.24. The minimum absolute atomic E-state index is 0.00612. The van der Waals surface area contributed by atoms with Crippen LogP contribution in [0.25, 0.3) is 0 Å². The van der Waals surface area contributed by atoms with Crippen molar-refractivity contribution in [3.63, 3.8) is 0 Å². The summed E-state index contributed by atoms with van der Waals surface area (Å²) in [6.07, 6.45) is -0.221. The Bertz CT molecular complexity index is 793. The number of aromatic nitrogens is 2. The van der Waals surface area contributed by atoms with Crippen LogP contribution in [0.2, 0.25) is 0 Å². The predicted molar refractivity (Wildman–Crippen MR) is 89.2 cm³/mol. The van der Waals surface area contributed by atoms with Crippen LogP contribution in [-0.2, 0) is 11.3 Å². The van der Waals surface area contributed by atoms with E-state index >= 15 is 0 Å². The van der Waals surface area contributed by atoms with Gasteiger partial charge in [-0.25, -0.2) is 9.48 Å². The zero-order chi connectivity index (χ0) is 17.7. The van der Waals surface area contributed by atoms with Gasteiger partial charge in [-0.2, -0.15) is 5.10 Å². The number of hydrogen-bond acceptors (Lipinski definition) is 5. The number of carbonyl (C=O) groups excluding carboxylic acids is 2. The number of hydrogen-bond donors (Lipinski definition) is 0. The van der Waals surface area contributed by atoms with Gasteiger partial charge in [0, 0.05) is 18.2 Å². The Morgan fingerprint density at radius 1 is 1.17 bits per heavy atom. The summed E-state index contributed by atoms with van der Waals surface area (Å²) in [5.74, 6) is -1.02. The van der Waals surface area contributed by atoms with Crippen molar-refractivity contribution in [2.75, 3.05) is 0 Å². The molecule has 1 atom stereocenters. The molecule has 0 aliphatic heterocycles. The molecule has 126 valence electrons. The number of ether oxygens (including phenoxy) is 1. The van der Waals surface area contributed by atoms with E-state index in [9.17, 15) is 14.4 Å². The van der Waals surface area contributed by atoms with Gasteiger partial charge in [0.15, 0.2) is 11.8 Å². The van der Waals surface area contributed by atoms with Gasteiger partial charge in [-0.15, -0.1) is 0 Å². The molecule has 0 radical (unpaired) electrons. The summed E-state index contributed by atoms with van der Waals surface area (Å²) in [5, 5.41) is 3.98. The van der Waals surface area contributed by atoms with Crippen molar-refractivity contribution >= 4 is 11.8 Å². The zero-order valence-corrected chi connectivity index (χ0v) is 14.0. The molecule has 1 aromatic carbocycles. The van der Waals surface area contributed by atoms with Crippen LogP contribution < -0.4 is 5.56 Å². The Balaban J connectivity index is 2.11. The van der Waals surface area contributed by atoms with Gasteiger partial charge in [0.25, 0.3) is 5.56 Å². The smallest absolute Gasteiger partial charge is 0.359 e. The average molecular weight is 328 g/mol. The third-order valence-corrected chi connectivity index (χ3v) is 3.50. The number of benzene rings is 1. The highest BCUT2D eigenvalue weighted by Gasteiger charge is 2.21. The van der Waals surface area contributed by atoms with Crippen LogP contribution in [0.5, 0.6) is 0 Å². The molecular weight excluding hydrogens is 308 g/mol. The van der Waals surface area contributed by atoms with E-state index in [0.29, 0.717) is 18.5 Å². The fourth-order valence-electron chi connectivity index (χ4n) is 2.16. The van der Waals surface area contributed by atoms with Gasteiger partial charge < -0.3 is 4.74 Å². The van der Waals surface area contributed by atoms with Gasteiger partial charge in [0.1, 0.15) is 0 Å². The van der Waals surface area contributed by atoms with Gasteiger partial charge in [0.2, 0.25) is 5.78 Å². The maximum atomic E-state index is 12.3. The molecule has 1 aromatic heterocycles. The Hall–Kier alpha value is -2.76. The van der Waals surface area contributed by atoms with Crippen molar-refractivity contribution in [1.29, 1.82) is 0 Å². The minimum atomic E-state index is -0.937. The van der Waals surface area contributed by atoms with E-state index in [1.807, 2.05) is 26.0 Å². The average Bonchev–Trinajstić information content (AvgIpc) is 2.57. The Kier molecular flexibility index (Phi) is 5.63. The molecule has 1 unspecified atom stereocenters. The standard InChI is InChI=1S/C18H20N2O4/c1-4-11-20-16(21)10-9-15(19-20)18(23)24-13(3)17(22)14-7-5-12(2)6-8-14/h5-10,13H,4,11H2,1-3H3. The fraction of sp³-hybridized carbons (Fsp3) is 0.333. The van der Waals surface area contributed by atoms with Crippen LogP contribution >= 0.6 is 0 Å². The molecule has 0 aliphatic carbocycles. The van der Waals surface area contributed by atoms with E-state index in [-0.39, 0.29) is 17.0 Å². The molecule has 0 fully saturated rings. The second kappa shape index (κ2) is 7.68. The second-order valence-corrected chi connectivity index (χ2v) is 5.56. The summed E-state index contributed by atoms with van der Waals surface area (Å²) >= 11 is 0. The number of rotatable bonds is 6. The molecule has 0 saturated heterocycles. The quantitative estimate of drug-likeness (QED) is 0.601. The lowest BCUT2D eigenvalue weighted by molar-refractivity contribution is 0.0310. The monoisotopic (exact) mass is 328 g/mol. The van der Waals surface area contributed by atoms with Crippen molar-refractivity contribution in [1.82, 2.24) is 9.78 Å². The van der Waals surface area contributed by atoms with Gasteiger partial charge in [-0.05, 0) is 26.3 Å². The van der Waals surface area contributed by atoms with E-state index < -0.39 is 12.1 Å². The largest absolute Gasteiger partial charge is 0.449 e. The van der Waals surface area contributed by atoms with Crippen molar-refractivity contribution in [2.24, 2.45) is 0 Å². The Labute approximate surface area is 140 Å². The lowest BCUT2D eigenvalue weighted by Crippen LogP contribution is -2.28. The normalized spacial score (nSPS) is 11.8. The highest BCUT2D eigenvalue weighted by molar-refractivity contribution is 6.01. The first-order valence-corrected chi connectivity index (χ1v) is 7.82. The topological polar surface area (TPSA) is 78.3 Å². The molecule has 24 heavy (non-hydrogen) atoms. The molecular formula is C18H20N2O4. The summed E-state index contributed by atoms with van der Waals surface area (Å²) in [7, 11) is 0. The van der Waals surface area contributed by atoms with Gasteiger partial charge in [-0.3, -0.25) is 9.59 Å². The van der Waals surface area contributed by atoms with Crippen LogP contribution in [-0.4, -0.2) is 27.6 Å². The van der Waals surface area contributed by atoms with Crippen LogP contribution in [0.1, 0.15) is 46.7 Å². The number of aryl methyl sites for hydroxylation is 2. The molecule has 0 saturated carbocycles. The van der Waals surface area contributed by atoms with Crippen molar-refractivity contribution in [3.05, 3.63) is 63.6 Å². The van der Waals surface area contributed by atoms with E-state index in [4.69, 9.17) is 4.74 Å². The molecule has 0 spiro atoms. The number of esters is 1. The maximum Gasteiger partial charge on any atom is 0.359 e. The number of carbonyl (C=O) groups is 2. The second-order valence-electron chi connectivity index (χ2n) is 5.56. The van der Waals surface area contributed by atoms with E-state index in [0.717, 1.165) is 5.56 Å². The van der Waals surface area contributed by atoms with E-state index in [1.165, 1.54) is 23.7 Å². The SMILES string of the molecule is CCCn1nc(C(=O)OC(C)C(=O)c2ccc(C)cc2)ccc1=O. The van der Waals surface area contributed by atoms with Crippen LogP contribution in [0, 0.1) is 6.92 Å². The van der Waals surface area contributed by atoms with E-state index in [2.05, 4.69) is 5.10 Å². The first-order chi connectivity index (χ1) is 11.4. The summed E-state index contributed by atoms with van der Waals surface area (Å²) < 4.78 is 6.40. The minimum Gasteiger partial charge on any atom is -0.449 e.